The molecule has 0 aliphatic carbocycles. The number of hydrogen-bond donors (Lipinski definition) is 0. The van der Waals surface area contributed by atoms with Crippen molar-refractivity contribution in [2.24, 2.45) is 0 Å². The molecular weight excluding hydrogens is 398 g/mol. The summed E-state index contributed by atoms with van der Waals surface area (Å²) in [6.07, 6.45) is 3.46. The first-order valence-electron chi connectivity index (χ1n) is 9.46. The van der Waals surface area contributed by atoms with Gasteiger partial charge in [0, 0.05) is 18.5 Å². The van der Waals surface area contributed by atoms with E-state index in [0.29, 0.717) is 17.4 Å². The van der Waals surface area contributed by atoms with Crippen LogP contribution in [0.4, 0.5) is 5.13 Å². The molecule has 0 atom stereocenters. The molecule has 6 nitrogen and oxygen atoms in total. The van der Waals surface area contributed by atoms with Crippen molar-refractivity contribution in [1.29, 1.82) is 0 Å². The molecule has 7 heteroatoms. The summed E-state index contributed by atoms with van der Waals surface area (Å²) in [7, 11) is 1.62. The van der Waals surface area contributed by atoms with Crippen molar-refractivity contribution in [1.82, 2.24) is 9.97 Å². The van der Waals surface area contributed by atoms with Crippen molar-refractivity contribution in [3.8, 4) is 11.5 Å². The fourth-order valence-electron chi connectivity index (χ4n) is 3.00. The number of fused-ring (bicyclic) bond motifs is 1. The van der Waals surface area contributed by atoms with Gasteiger partial charge in [-0.1, -0.05) is 29.5 Å². The largest absolute Gasteiger partial charge is 0.497 e. The minimum Gasteiger partial charge on any atom is -0.497 e. The second-order valence-electron chi connectivity index (χ2n) is 6.78. The number of methoxy groups -OCH3 is 1. The van der Waals surface area contributed by atoms with E-state index < -0.39 is 0 Å². The maximum absolute atomic E-state index is 13.1. The third-order valence-electron chi connectivity index (χ3n) is 4.53. The number of carbonyl (C=O) groups excluding carboxylic acids is 1. The van der Waals surface area contributed by atoms with Crippen molar-refractivity contribution in [2.45, 2.75) is 13.5 Å². The van der Waals surface area contributed by atoms with E-state index in [-0.39, 0.29) is 12.5 Å². The Kier molecular flexibility index (Phi) is 5.90. The lowest BCUT2D eigenvalue weighted by Crippen LogP contribution is -2.34. The van der Waals surface area contributed by atoms with Crippen LogP contribution in [0.2, 0.25) is 0 Å². The van der Waals surface area contributed by atoms with Crippen LogP contribution in [0.3, 0.4) is 0 Å². The topological polar surface area (TPSA) is 64.5 Å². The van der Waals surface area contributed by atoms with Gasteiger partial charge < -0.3 is 9.47 Å². The average molecular weight is 420 g/mol. The van der Waals surface area contributed by atoms with E-state index in [9.17, 15) is 4.79 Å². The zero-order valence-electron chi connectivity index (χ0n) is 16.7. The number of hydrogen-bond acceptors (Lipinski definition) is 6. The van der Waals surface area contributed by atoms with Gasteiger partial charge >= 0.3 is 0 Å². The number of nitrogens with zero attached hydrogens (tertiary/aromatic N) is 3. The Morgan fingerprint density at radius 3 is 2.77 bits per heavy atom. The van der Waals surface area contributed by atoms with E-state index in [1.165, 1.54) is 11.3 Å². The molecular formula is C23H21N3O3S. The highest BCUT2D eigenvalue weighted by Crippen LogP contribution is 2.32. The number of thiazole rings is 1. The Bertz CT molecular complexity index is 1160. The first kappa shape index (κ1) is 19.8. The number of aryl methyl sites for hydroxylation is 1. The average Bonchev–Trinajstić information content (AvgIpc) is 3.19. The highest BCUT2D eigenvalue weighted by molar-refractivity contribution is 7.22. The van der Waals surface area contributed by atoms with Gasteiger partial charge in [-0.3, -0.25) is 14.7 Å². The van der Waals surface area contributed by atoms with Crippen molar-refractivity contribution in [3.63, 3.8) is 0 Å². The summed E-state index contributed by atoms with van der Waals surface area (Å²) in [5.41, 5.74) is 2.78. The van der Waals surface area contributed by atoms with Gasteiger partial charge in [-0.2, -0.15) is 0 Å². The molecule has 2 aromatic heterocycles. The lowest BCUT2D eigenvalue weighted by atomic mass is 10.2. The zero-order valence-corrected chi connectivity index (χ0v) is 17.6. The normalized spacial score (nSPS) is 10.7. The number of aromatic nitrogens is 2. The van der Waals surface area contributed by atoms with Gasteiger partial charge in [0.2, 0.25) is 0 Å². The summed E-state index contributed by atoms with van der Waals surface area (Å²) in [5, 5.41) is 0.611. The number of anilines is 1. The van der Waals surface area contributed by atoms with Crippen LogP contribution in [0.15, 0.2) is 67.0 Å². The minimum absolute atomic E-state index is 0.0804. The van der Waals surface area contributed by atoms with Gasteiger partial charge in [0.05, 0.1) is 23.9 Å². The molecule has 4 rings (SSSR count). The van der Waals surface area contributed by atoms with Gasteiger partial charge in [-0.15, -0.1) is 0 Å². The van der Waals surface area contributed by atoms with Crippen molar-refractivity contribution in [2.75, 3.05) is 18.6 Å². The fraction of sp³-hybridized carbons (Fsp3) is 0.174. The molecule has 0 saturated heterocycles. The molecule has 0 spiro atoms. The van der Waals surface area contributed by atoms with Gasteiger partial charge in [-0.25, -0.2) is 4.98 Å². The molecule has 4 aromatic rings. The molecule has 2 heterocycles. The van der Waals surface area contributed by atoms with E-state index in [1.807, 2.05) is 61.5 Å². The van der Waals surface area contributed by atoms with Crippen LogP contribution < -0.4 is 14.4 Å². The second-order valence-corrected chi connectivity index (χ2v) is 7.79. The van der Waals surface area contributed by atoms with Crippen LogP contribution in [0.25, 0.3) is 10.2 Å². The van der Waals surface area contributed by atoms with Crippen LogP contribution in [0.5, 0.6) is 11.5 Å². The predicted molar refractivity (Wildman–Crippen MR) is 118 cm³/mol. The van der Waals surface area contributed by atoms with Crippen LogP contribution in [-0.2, 0) is 11.3 Å². The summed E-state index contributed by atoms with van der Waals surface area (Å²) in [6.45, 7) is 2.27. The third-order valence-corrected chi connectivity index (χ3v) is 5.59. The SMILES string of the molecule is COc1ccc2sc(N(Cc3cccnc3)C(=O)COc3cccc(C)c3)nc2c1. The first-order chi connectivity index (χ1) is 14.6. The molecule has 152 valence electrons. The lowest BCUT2D eigenvalue weighted by molar-refractivity contribution is -0.120. The smallest absolute Gasteiger partial charge is 0.267 e. The first-order valence-corrected chi connectivity index (χ1v) is 10.3. The number of carbonyl (C=O) groups is 1. The molecule has 0 unspecified atom stereocenters. The monoisotopic (exact) mass is 419 g/mol. The Morgan fingerprint density at radius 2 is 2.00 bits per heavy atom. The van der Waals surface area contributed by atoms with Crippen molar-refractivity contribution >= 4 is 32.6 Å². The van der Waals surface area contributed by atoms with E-state index in [4.69, 9.17) is 9.47 Å². The van der Waals surface area contributed by atoms with Crippen LogP contribution >= 0.6 is 11.3 Å². The molecule has 2 aromatic carbocycles. The van der Waals surface area contributed by atoms with E-state index in [2.05, 4.69) is 9.97 Å². The van der Waals surface area contributed by atoms with Gasteiger partial charge in [0.25, 0.3) is 5.91 Å². The van der Waals surface area contributed by atoms with Crippen LogP contribution in [0.1, 0.15) is 11.1 Å². The molecule has 0 saturated carbocycles. The Hall–Kier alpha value is -3.45. The minimum atomic E-state index is -0.175. The summed E-state index contributed by atoms with van der Waals surface area (Å²) >= 11 is 1.46. The van der Waals surface area contributed by atoms with E-state index in [0.717, 1.165) is 27.1 Å². The van der Waals surface area contributed by atoms with Gasteiger partial charge in [-0.05, 0) is 48.4 Å². The highest BCUT2D eigenvalue weighted by Gasteiger charge is 2.21. The van der Waals surface area contributed by atoms with E-state index >= 15 is 0 Å². The van der Waals surface area contributed by atoms with Crippen molar-refractivity contribution < 1.29 is 14.3 Å². The number of ether oxygens (including phenoxy) is 2. The Morgan fingerprint density at radius 1 is 1.10 bits per heavy atom. The number of rotatable bonds is 7. The molecule has 1 amide bonds. The zero-order chi connectivity index (χ0) is 20.9. The fourth-order valence-corrected chi connectivity index (χ4v) is 3.96. The summed E-state index contributed by atoms with van der Waals surface area (Å²) < 4.78 is 12.0. The highest BCUT2D eigenvalue weighted by atomic mass is 32.1. The molecule has 0 radical (unpaired) electrons. The standard InChI is InChI=1S/C23H21N3O3S/c1-16-5-3-7-19(11-16)29-15-22(27)26(14-17-6-4-10-24-13-17)23-25-20-12-18(28-2)8-9-21(20)30-23/h3-13H,14-15H2,1-2H3. The van der Waals surface area contributed by atoms with E-state index in [1.54, 1.807) is 24.4 Å². The van der Waals surface area contributed by atoms with Gasteiger partial charge in [0.15, 0.2) is 11.7 Å². The molecule has 0 N–H and O–H groups in total. The maximum atomic E-state index is 13.1. The second kappa shape index (κ2) is 8.92. The Balaban J connectivity index is 1.61. The lowest BCUT2D eigenvalue weighted by Gasteiger charge is -2.20. The molecule has 0 aliphatic rings. The Labute approximate surface area is 178 Å². The predicted octanol–water partition coefficient (Wildman–Crippen LogP) is 4.62. The molecule has 30 heavy (non-hydrogen) atoms. The van der Waals surface area contributed by atoms with Gasteiger partial charge in [0.1, 0.15) is 11.5 Å². The molecule has 0 aliphatic heterocycles. The number of pyridine rings is 1. The van der Waals surface area contributed by atoms with Crippen LogP contribution in [0, 0.1) is 6.92 Å². The van der Waals surface area contributed by atoms with Crippen LogP contribution in [-0.4, -0.2) is 29.6 Å². The maximum Gasteiger partial charge on any atom is 0.267 e. The summed E-state index contributed by atoms with van der Waals surface area (Å²) in [6, 6.07) is 17.1. The van der Waals surface area contributed by atoms with Crippen molar-refractivity contribution in [3.05, 3.63) is 78.1 Å². The summed E-state index contributed by atoms with van der Waals surface area (Å²) in [5.74, 6) is 1.22. The number of amides is 1. The summed E-state index contributed by atoms with van der Waals surface area (Å²) in [4.78, 5) is 23.6. The third kappa shape index (κ3) is 4.58. The molecule has 0 bridgehead atoms. The quantitative estimate of drug-likeness (QED) is 0.437. The number of benzene rings is 2. The molecule has 0 fully saturated rings.